The fraction of sp³-hybridized carbons (Fsp3) is 0. The Balaban J connectivity index is 4.95. The van der Waals surface area contributed by atoms with Crippen LogP contribution in [0.15, 0.2) is 4.52 Å². The zero-order valence-corrected chi connectivity index (χ0v) is 6.45. The third-order valence-electron chi connectivity index (χ3n) is 0.572. The third-order valence-corrected chi connectivity index (χ3v) is 3.13. The number of nitriles is 1. The predicted octanol–water partition coefficient (Wildman–Crippen LogP) is 1.81. The van der Waals surface area contributed by atoms with Crippen molar-refractivity contribution in [1.82, 2.24) is 0 Å². The van der Waals surface area contributed by atoms with Gasteiger partial charge in [0.1, 0.15) is 15.4 Å². The standard InChI is InChI=1S/CHN5O3S2/c2-1-11(10-9,5-4-3)6(7)8/h9H. The normalized spacial score (nSPS) is 16.7. The molecule has 10 heteroatoms. The smallest absolute Gasteiger partial charge is 0.276 e. The van der Waals surface area contributed by atoms with Gasteiger partial charge in [0.05, 0.1) is 0 Å². The molecule has 60 valence electrons. The molecule has 0 bridgehead atoms. The van der Waals surface area contributed by atoms with E-state index >= 15 is 0 Å². The number of thiocyanates is 1. The van der Waals surface area contributed by atoms with Crippen LogP contribution in [0.5, 0.6) is 0 Å². The van der Waals surface area contributed by atoms with Gasteiger partial charge in [0.2, 0.25) is 0 Å². The molecule has 0 saturated carbocycles. The van der Waals surface area contributed by atoms with Crippen LogP contribution in [0.1, 0.15) is 0 Å². The molecule has 0 amide bonds. The zero-order valence-electron chi connectivity index (χ0n) is 4.82. The molecule has 0 radical (unpaired) electrons. The minimum atomic E-state index is -3.53. The third kappa shape index (κ3) is 1.89. The number of nitrogens with zero attached hydrogens (tertiary/aromatic N) is 5. The Morgan fingerprint density at radius 2 is 2.55 bits per heavy atom. The maximum atomic E-state index is 10.0. The monoisotopic (exact) mass is 195 g/mol. The predicted molar refractivity (Wildman–Crippen MR) is 39.6 cm³/mol. The van der Waals surface area contributed by atoms with Crippen molar-refractivity contribution in [2.75, 3.05) is 0 Å². The number of azide groups is 1. The van der Waals surface area contributed by atoms with E-state index in [1.807, 2.05) is 0 Å². The van der Waals surface area contributed by atoms with Crippen molar-refractivity contribution < 1.29 is 8.88 Å². The fourth-order valence-corrected chi connectivity index (χ4v) is 1.01. The molecule has 1 N–H and O–H groups in total. The maximum absolute atomic E-state index is 10.0. The van der Waals surface area contributed by atoms with Crippen LogP contribution < -0.4 is 0 Å². The highest BCUT2D eigenvalue weighted by atomic mass is 33.2. The van der Waals surface area contributed by atoms with Crippen molar-refractivity contribution in [3.63, 3.8) is 0 Å². The first-order chi connectivity index (χ1) is 5.13. The molecule has 1 unspecified atom stereocenters. The lowest BCUT2D eigenvalue weighted by Gasteiger charge is -2.08. The molecular formula is CHN5O3S2. The Hall–Kier alpha value is -1.14. The minimum Gasteiger partial charge on any atom is -0.317 e. The first kappa shape index (κ1) is 9.86. The number of hydrogen-bond donors (Lipinski definition) is 1. The maximum Gasteiger partial charge on any atom is 0.276 e. The van der Waals surface area contributed by atoms with E-state index in [2.05, 4.69) is 9.43 Å². The molecule has 0 spiro atoms. The zero-order chi connectivity index (χ0) is 8.91. The van der Waals surface area contributed by atoms with E-state index < -0.39 is 13.8 Å². The minimum absolute atomic E-state index is 0.347. The van der Waals surface area contributed by atoms with Gasteiger partial charge in [-0.15, -0.1) is 0 Å². The van der Waals surface area contributed by atoms with E-state index in [0.29, 0.717) is 0 Å². The molecule has 0 aliphatic carbocycles. The van der Waals surface area contributed by atoms with Gasteiger partial charge < -0.3 is 4.55 Å². The lowest BCUT2D eigenvalue weighted by molar-refractivity contribution is -0.290. The summed E-state index contributed by atoms with van der Waals surface area (Å²) in [5, 5.41) is 19.4. The molecule has 0 heterocycles. The SMILES string of the molecule is N#CS(N=[N+]=[N-])(SO)[N+](=O)[O-]. The molecular weight excluding hydrogens is 194 g/mol. The Kier molecular flexibility index (Phi) is 3.49. The van der Waals surface area contributed by atoms with Crippen molar-refractivity contribution in [3.05, 3.63) is 20.6 Å². The summed E-state index contributed by atoms with van der Waals surface area (Å²) in [6.07, 6.45) is 0. The summed E-state index contributed by atoms with van der Waals surface area (Å²) in [6, 6.07) is 0. The second-order valence-electron chi connectivity index (χ2n) is 1.06. The second kappa shape index (κ2) is 3.89. The van der Waals surface area contributed by atoms with Crippen molar-refractivity contribution in [2.24, 2.45) is 4.52 Å². The van der Waals surface area contributed by atoms with E-state index in [4.69, 9.17) is 15.3 Å². The van der Waals surface area contributed by atoms with E-state index in [9.17, 15) is 10.1 Å². The van der Waals surface area contributed by atoms with Crippen molar-refractivity contribution >= 4 is 20.5 Å². The van der Waals surface area contributed by atoms with Crippen LogP contribution >= 0.6 is 20.5 Å². The van der Waals surface area contributed by atoms with Crippen molar-refractivity contribution in [3.8, 4) is 5.40 Å². The molecule has 0 saturated heterocycles. The lowest BCUT2D eigenvalue weighted by Crippen LogP contribution is -1.99. The summed E-state index contributed by atoms with van der Waals surface area (Å²) in [5.74, 6) is 0. The topological polar surface area (TPSA) is 136 Å². The molecule has 0 aliphatic rings. The van der Waals surface area contributed by atoms with Crippen LogP contribution in [0.25, 0.3) is 10.4 Å². The Morgan fingerprint density at radius 1 is 2.00 bits per heavy atom. The summed E-state index contributed by atoms with van der Waals surface area (Å²) in [5.41, 5.74) is 7.81. The van der Waals surface area contributed by atoms with Crippen molar-refractivity contribution in [1.29, 1.82) is 5.26 Å². The summed E-state index contributed by atoms with van der Waals surface area (Å²) in [6.45, 7) is 0. The largest absolute Gasteiger partial charge is 0.317 e. The number of hydrogen-bond acceptors (Lipinski definition) is 6. The lowest BCUT2D eigenvalue weighted by atomic mass is 11.8. The van der Waals surface area contributed by atoms with Crippen LogP contribution in [0.3, 0.4) is 0 Å². The van der Waals surface area contributed by atoms with E-state index in [0.717, 1.165) is 5.40 Å². The molecule has 0 aromatic heterocycles. The van der Waals surface area contributed by atoms with Gasteiger partial charge in [0, 0.05) is 9.43 Å². The van der Waals surface area contributed by atoms with Crippen molar-refractivity contribution in [2.45, 2.75) is 0 Å². The molecule has 0 rings (SSSR count). The molecule has 1 atom stereocenters. The Bertz CT molecular complexity index is 249. The number of nitro groups is 1. The summed E-state index contributed by atoms with van der Waals surface area (Å²) in [4.78, 5) is 12.1. The molecule has 0 fully saturated rings. The van der Waals surface area contributed by atoms with Gasteiger partial charge in [-0.1, -0.05) is 0 Å². The molecule has 11 heavy (non-hydrogen) atoms. The van der Waals surface area contributed by atoms with Gasteiger partial charge in [-0.05, 0) is 5.53 Å². The van der Waals surface area contributed by atoms with Crippen LogP contribution in [0, 0.1) is 20.8 Å². The highest BCUT2D eigenvalue weighted by Crippen LogP contribution is 2.58. The van der Waals surface area contributed by atoms with Crippen LogP contribution in [-0.2, 0) is 0 Å². The van der Waals surface area contributed by atoms with Gasteiger partial charge in [0.25, 0.3) is 9.43 Å². The van der Waals surface area contributed by atoms with Crippen LogP contribution in [-0.4, -0.2) is 8.88 Å². The van der Waals surface area contributed by atoms with Crippen LogP contribution in [0.2, 0.25) is 0 Å². The molecule has 0 aliphatic heterocycles. The Labute approximate surface area is 65.8 Å². The van der Waals surface area contributed by atoms with E-state index in [-0.39, 0.29) is 11.1 Å². The van der Waals surface area contributed by atoms with Gasteiger partial charge in [-0.3, -0.25) is 10.1 Å². The molecule has 0 aromatic rings. The Morgan fingerprint density at radius 3 is 2.64 bits per heavy atom. The highest BCUT2D eigenvalue weighted by molar-refractivity contribution is 8.91. The van der Waals surface area contributed by atoms with E-state index in [1.54, 1.807) is 0 Å². The summed E-state index contributed by atoms with van der Waals surface area (Å²) in [7, 11) is -3.53. The fourth-order valence-electron chi connectivity index (χ4n) is 0.190. The van der Waals surface area contributed by atoms with Gasteiger partial charge >= 0.3 is 0 Å². The van der Waals surface area contributed by atoms with Gasteiger partial charge in [0.15, 0.2) is 5.40 Å². The highest BCUT2D eigenvalue weighted by Gasteiger charge is 2.37. The molecule has 8 nitrogen and oxygen atoms in total. The second-order valence-corrected chi connectivity index (χ2v) is 4.69. The summed E-state index contributed by atoms with van der Waals surface area (Å²) >= 11 is -0.347. The average molecular weight is 195 g/mol. The first-order valence-corrected chi connectivity index (χ1v) is 4.74. The van der Waals surface area contributed by atoms with Gasteiger partial charge in [-0.2, -0.15) is 5.26 Å². The average Bonchev–Trinajstić information content (AvgIpc) is 2.00. The number of rotatable bonds is 3. The summed E-state index contributed by atoms with van der Waals surface area (Å²) < 4.78 is 9.81. The van der Waals surface area contributed by atoms with Gasteiger partial charge in [-0.25, -0.2) is 0 Å². The quantitative estimate of drug-likeness (QED) is 0.107. The van der Waals surface area contributed by atoms with E-state index in [1.165, 1.54) is 0 Å². The molecule has 0 aromatic carbocycles. The first-order valence-electron chi connectivity index (χ1n) is 1.91. The van der Waals surface area contributed by atoms with Crippen LogP contribution in [0.4, 0.5) is 0 Å².